The average Bonchev–Trinajstić information content (AvgIpc) is 2.67. The summed E-state index contributed by atoms with van der Waals surface area (Å²) in [6.45, 7) is 7.89. The number of halogens is 6. The van der Waals surface area contributed by atoms with E-state index in [1.807, 2.05) is 13.8 Å². The molecule has 0 aliphatic carbocycles. The molecule has 0 aromatic carbocycles. The van der Waals surface area contributed by atoms with Gasteiger partial charge in [-0.15, -0.1) is 11.8 Å². The minimum Gasteiger partial charge on any atom is -0.465 e. The first-order valence-corrected chi connectivity index (χ1v) is 12.0. The lowest BCUT2D eigenvalue weighted by Crippen LogP contribution is -2.17. The van der Waals surface area contributed by atoms with Crippen LogP contribution in [-0.4, -0.2) is 33.3 Å². The van der Waals surface area contributed by atoms with E-state index in [2.05, 4.69) is 15.0 Å². The van der Waals surface area contributed by atoms with Gasteiger partial charge in [0, 0.05) is 5.57 Å². The van der Waals surface area contributed by atoms with E-state index in [0.717, 1.165) is 0 Å². The molecule has 0 fully saturated rings. The summed E-state index contributed by atoms with van der Waals surface area (Å²) >= 11 is 36.6. The molecule has 0 atom stereocenters. The molecule has 0 N–H and O–H groups in total. The molecular formula is C18H21Cl6N3O2S. The first-order chi connectivity index (χ1) is 14.0. The Hall–Kier alpha value is -0.210. The van der Waals surface area contributed by atoms with Crippen LogP contribution in [0.5, 0.6) is 0 Å². The van der Waals surface area contributed by atoms with Gasteiger partial charge in [0.15, 0.2) is 17.5 Å². The molecule has 0 aliphatic rings. The van der Waals surface area contributed by atoms with Crippen LogP contribution in [-0.2, 0) is 17.1 Å². The van der Waals surface area contributed by atoms with Crippen LogP contribution in [0.4, 0.5) is 0 Å². The first kappa shape index (κ1) is 29.8. The normalized spacial score (nSPS) is 12.8. The molecule has 0 spiro atoms. The number of ether oxygens (including phenoxy) is 1. The van der Waals surface area contributed by atoms with E-state index in [1.54, 1.807) is 43.6 Å². The maximum absolute atomic E-state index is 11.3. The number of hydrogen-bond acceptors (Lipinski definition) is 6. The smallest absolute Gasteiger partial charge is 0.316 e. The van der Waals surface area contributed by atoms with Crippen LogP contribution in [0.25, 0.3) is 5.57 Å². The number of hydrogen-bond donors (Lipinski definition) is 0. The van der Waals surface area contributed by atoms with Crippen LogP contribution >= 0.6 is 81.4 Å². The molecule has 1 aromatic heterocycles. The molecular weight excluding hydrogens is 535 g/mol. The SMILES string of the molecule is CC.C\C=C/C(=C\C=C\SCC(=O)OCC)c1nc(C(Cl)(Cl)Cl)nc(C(Cl)(Cl)Cl)n1. The van der Waals surface area contributed by atoms with Gasteiger partial charge in [-0.05, 0) is 19.3 Å². The maximum Gasteiger partial charge on any atom is 0.316 e. The summed E-state index contributed by atoms with van der Waals surface area (Å²) in [5.74, 6) is -0.319. The fourth-order valence-electron chi connectivity index (χ4n) is 1.66. The van der Waals surface area contributed by atoms with Gasteiger partial charge in [0.25, 0.3) is 0 Å². The van der Waals surface area contributed by atoms with E-state index in [0.29, 0.717) is 12.2 Å². The summed E-state index contributed by atoms with van der Waals surface area (Å²) in [6, 6.07) is 0. The molecule has 1 rings (SSSR count). The van der Waals surface area contributed by atoms with Crippen LogP contribution in [0.15, 0.2) is 29.7 Å². The van der Waals surface area contributed by atoms with Gasteiger partial charge in [-0.2, -0.15) is 0 Å². The molecule has 0 saturated heterocycles. The minimum absolute atomic E-state index is 0.149. The number of allylic oxidation sites excluding steroid dienone is 5. The Morgan fingerprint density at radius 1 is 1.03 bits per heavy atom. The Morgan fingerprint density at radius 3 is 2.00 bits per heavy atom. The second-order valence-electron chi connectivity index (χ2n) is 4.87. The second kappa shape index (κ2) is 14.8. The van der Waals surface area contributed by atoms with Crippen LogP contribution in [0, 0.1) is 0 Å². The Balaban J connectivity index is 0.00000407. The molecule has 0 amide bonds. The van der Waals surface area contributed by atoms with Crippen molar-refractivity contribution in [2.75, 3.05) is 12.4 Å². The highest BCUT2D eigenvalue weighted by atomic mass is 35.6. The van der Waals surface area contributed by atoms with E-state index in [4.69, 9.17) is 74.3 Å². The van der Waals surface area contributed by atoms with Gasteiger partial charge < -0.3 is 4.74 Å². The van der Waals surface area contributed by atoms with Crippen molar-refractivity contribution in [1.82, 2.24) is 15.0 Å². The third-order valence-electron chi connectivity index (χ3n) is 2.70. The summed E-state index contributed by atoms with van der Waals surface area (Å²) in [4.78, 5) is 23.6. The Kier molecular flexibility index (Phi) is 14.7. The molecule has 0 radical (unpaired) electrons. The zero-order valence-electron chi connectivity index (χ0n) is 16.6. The zero-order valence-corrected chi connectivity index (χ0v) is 22.0. The van der Waals surface area contributed by atoms with Crippen molar-refractivity contribution in [3.8, 4) is 0 Å². The summed E-state index contributed by atoms with van der Waals surface area (Å²) in [5, 5.41) is 1.72. The van der Waals surface area contributed by atoms with Gasteiger partial charge in [0.05, 0.1) is 12.4 Å². The van der Waals surface area contributed by atoms with E-state index < -0.39 is 7.59 Å². The summed E-state index contributed by atoms with van der Waals surface area (Å²) < 4.78 is 0.974. The number of carbonyl (C=O) groups excluding carboxylic acids is 1. The number of alkyl halides is 6. The van der Waals surface area contributed by atoms with E-state index in [1.165, 1.54) is 11.8 Å². The number of aromatic nitrogens is 3. The van der Waals surface area contributed by atoms with Crippen LogP contribution < -0.4 is 0 Å². The highest BCUT2D eigenvalue weighted by Gasteiger charge is 2.34. The molecule has 0 bridgehead atoms. The number of esters is 1. The molecule has 12 heteroatoms. The molecule has 5 nitrogen and oxygen atoms in total. The van der Waals surface area contributed by atoms with Crippen molar-refractivity contribution in [3.05, 3.63) is 47.2 Å². The van der Waals surface area contributed by atoms with Gasteiger partial charge in [-0.3, -0.25) is 4.79 Å². The highest BCUT2D eigenvalue weighted by molar-refractivity contribution is 8.02. The Morgan fingerprint density at radius 2 is 1.57 bits per heavy atom. The fourth-order valence-corrected chi connectivity index (χ4v) is 2.67. The molecule has 0 aliphatic heterocycles. The van der Waals surface area contributed by atoms with Crippen LogP contribution in [0.1, 0.15) is 45.2 Å². The first-order valence-electron chi connectivity index (χ1n) is 8.66. The highest BCUT2D eigenvalue weighted by Crippen LogP contribution is 2.40. The number of rotatable bonds is 7. The van der Waals surface area contributed by atoms with Gasteiger partial charge in [-0.1, -0.05) is 108 Å². The Labute approximate surface area is 211 Å². The Bertz CT molecular complexity index is 742. The minimum atomic E-state index is -1.94. The van der Waals surface area contributed by atoms with E-state index >= 15 is 0 Å². The maximum atomic E-state index is 11.3. The number of nitrogens with zero attached hydrogens (tertiary/aromatic N) is 3. The largest absolute Gasteiger partial charge is 0.465 e. The number of carbonyl (C=O) groups is 1. The monoisotopic (exact) mass is 553 g/mol. The fraction of sp³-hybridized carbons (Fsp3) is 0.444. The van der Waals surface area contributed by atoms with Crippen molar-refractivity contribution in [2.45, 2.75) is 35.3 Å². The third-order valence-corrected chi connectivity index (χ3v) is 4.47. The predicted molar refractivity (Wildman–Crippen MR) is 131 cm³/mol. The quantitative estimate of drug-likeness (QED) is 0.199. The topological polar surface area (TPSA) is 65.0 Å². The lowest BCUT2D eigenvalue weighted by Gasteiger charge is -2.15. The molecule has 0 unspecified atom stereocenters. The summed E-state index contributed by atoms with van der Waals surface area (Å²) in [7, 11) is 0. The van der Waals surface area contributed by atoms with Gasteiger partial charge in [-0.25, -0.2) is 15.0 Å². The van der Waals surface area contributed by atoms with E-state index in [-0.39, 0.29) is 29.2 Å². The standard InChI is InChI=1S/C16H15Cl6N3O2S.C2H6/c1-3-6-10(7-5-8-28-9-11(26)27-4-2)12-23-13(15(17,18)19)25-14(24-12)16(20,21)22;1-2/h3,5-8H,4,9H2,1-2H3;1-2H3/b6-3-,8-5+,10-7+;. The summed E-state index contributed by atoms with van der Waals surface area (Å²) in [6.07, 6.45) is 6.88. The molecule has 1 heterocycles. The average molecular weight is 556 g/mol. The van der Waals surface area contributed by atoms with Gasteiger partial charge in [0.2, 0.25) is 7.59 Å². The number of thioether (sulfide) groups is 1. The van der Waals surface area contributed by atoms with Crippen LogP contribution in [0.2, 0.25) is 0 Å². The second-order valence-corrected chi connectivity index (χ2v) is 10.3. The van der Waals surface area contributed by atoms with Gasteiger partial charge in [0.1, 0.15) is 0 Å². The third kappa shape index (κ3) is 11.4. The van der Waals surface area contributed by atoms with E-state index in [9.17, 15) is 4.79 Å². The molecule has 168 valence electrons. The van der Waals surface area contributed by atoms with Gasteiger partial charge >= 0.3 is 5.97 Å². The van der Waals surface area contributed by atoms with Crippen molar-refractivity contribution in [2.24, 2.45) is 0 Å². The lowest BCUT2D eigenvalue weighted by atomic mass is 10.2. The van der Waals surface area contributed by atoms with Crippen LogP contribution in [0.3, 0.4) is 0 Å². The van der Waals surface area contributed by atoms with Crippen molar-refractivity contribution in [3.63, 3.8) is 0 Å². The van der Waals surface area contributed by atoms with Crippen molar-refractivity contribution < 1.29 is 9.53 Å². The molecule has 30 heavy (non-hydrogen) atoms. The molecule has 1 aromatic rings. The molecule has 0 saturated carbocycles. The zero-order chi connectivity index (χ0) is 23.4. The van der Waals surface area contributed by atoms with Crippen molar-refractivity contribution in [1.29, 1.82) is 0 Å². The predicted octanol–water partition coefficient (Wildman–Crippen LogP) is 7.32. The lowest BCUT2D eigenvalue weighted by molar-refractivity contribution is -0.139. The van der Waals surface area contributed by atoms with Crippen molar-refractivity contribution >= 4 is 92.9 Å². The summed E-state index contributed by atoms with van der Waals surface area (Å²) in [5.41, 5.74) is 0.545.